The van der Waals surface area contributed by atoms with Gasteiger partial charge in [0.1, 0.15) is 5.75 Å². The number of nitrogens with one attached hydrogen (secondary N) is 3. The molecule has 1 saturated heterocycles. The van der Waals surface area contributed by atoms with Crippen LogP contribution in [0.2, 0.25) is 0 Å². The molecular formula is C23H27F2N3O5S. The average Bonchev–Trinajstić information content (AvgIpc) is 3.04. The van der Waals surface area contributed by atoms with Gasteiger partial charge < -0.3 is 25.5 Å². The molecule has 0 aromatic heterocycles. The Morgan fingerprint density at radius 2 is 1.94 bits per heavy atom. The van der Waals surface area contributed by atoms with Crippen molar-refractivity contribution in [3.05, 3.63) is 53.6 Å². The van der Waals surface area contributed by atoms with E-state index in [1.165, 1.54) is 31.4 Å². The van der Waals surface area contributed by atoms with Crippen molar-refractivity contribution in [2.75, 3.05) is 23.9 Å². The lowest BCUT2D eigenvalue weighted by molar-refractivity contribution is -0.0498. The molecule has 0 spiro atoms. The molecule has 1 fully saturated rings. The van der Waals surface area contributed by atoms with E-state index in [9.17, 15) is 22.0 Å². The van der Waals surface area contributed by atoms with E-state index < -0.39 is 34.0 Å². The van der Waals surface area contributed by atoms with Gasteiger partial charge in [0.05, 0.1) is 28.9 Å². The number of carbonyl (C=O) groups is 1. The molecule has 1 aliphatic rings. The molecule has 0 radical (unpaired) electrons. The maximum Gasteiger partial charge on any atom is 0.387 e. The lowest BCUT2D eigenvalue weighted by Gasteiger charge is -2.24. The molecular weight excluding hydrogens is 468 g/mol. The van der Waals surface area contributed by atoms with E-state index in [0.717, 1.165) is 0 Å². The van der Waals surface area contributed by atoms with Crippen molar-refractivity contribution in [2.24, 2.45) is 0 Å². The molecule has 1 heterocycles. The standard InChI is InChI=1S/C23H27F2N3O5S/c1-14(32-3)20(26)18-11-15(21(29)28-23(2)9-10-34(30,31)13-23)7-8-19(18)27-16-5-4-6-17(12-16)33-22(24)25/h4-8,11-12,14,22,26-27H,9-10,13H2,1-3H3,(H,28,29)/t14?,23-/m0/s1. The Hall–Kier alpha value is -3.05. The third-order valence-corrected chi connectivity index (χ3v) is 7.49. The van der Waals surface area contributed by atoms with E-state index in [4.69, 9.17) is 10.1 Å². The Bertz CT molecular complexity index is 1190. The number of hydrogen-bond acceptors (Lipinski definition) is 7. The third kappa shape index (κ3) is 6.29. The minimum absolute atomic E-state index is 0.0161. The van der Waals surface area contributed by atoms with Crippen molar-refractivity contribution in [3.8, 4) is 5.75 Å². The smallest absolute Gasteiger partial charge is 0.387 e. The number of alkyl halides is 2. The van der Waals surface area contributed by atoms with Gasteiger partial charge >= 0.3 is 6.61 Å². The van der Waals surface area contributed by atoms with Gasteiger partial charge in [-0.2, -0.15) is 8.78 Å². The lowest BCUT2D eigenvalue weighted by atomic mass is 9.98. The fourth-order valence-corrected chi connectivity index (χ4v) is 5.81. The van der Waals surface area contributed by atoms with Crippen molar-refractivity contribution in [1.29, 1.82) is 5.41 Å². The molecule has 0 bridgehead atoms. The summed E-state index contributed by atoms with van der Waals surface area (Å²) < 4.78 is 58.5. The van der Waals surface area contributed by atoms with Crippen LogP contribution in [0, 0.1) is 5.41 Å². The first-order chi connectivity index (χ1) is 15.9. The van der Waals surface area contributed by atoms with Gasteiger partial charge in [-0.05, 0) is 50.6 Å². The first-order valence-electron chi connectivity index (χ1n) is 10.5. The van der Waals surface area contributed by atoms with Crippen LogP contribution in [0.15, 0.2) is 42.5 Å². The molecule has 0 aliphatic carbocycles. The molecule has 3 rings (SSSR count). The summed E-state index contributed by atoms with van der Waals surface area (Å²) in [6.45, 7) is 0.409. The van der Waals surface area contributed by atoms with Crippen LogP contribution in [0.1, 0.15) is 36.2 Å². The molecule has 11 heteroatoms. The van der Waals surface area contributed by atoms with Crippen molar-refractivity contribution < 1.29 is 31.5 Å². The van der Waals surface area contributed by atoms with Crippen LogP contribution in [0.5, 0.6) is 5.75 Å². The molecule has 8 nitrogen and oxygen atoms in total. The van der Waals surface area contributed by atoms with Gasteiger partial charge in [0, 0.05) is 35.7 Å². The van der Waals surface area contributed by atoms with Crippen LogP contribution in [0.25, 0.3) is 0 Å². The maximum atomic E-state index is 12.9. The van der Waals surface area contributed by atoms with E-state index in [-0.39, 0.29) is 28.5 Å². The summed E-state index contributed by atoms with van der Waals surface area (Å²) in [6.07, 6.45) is -0.272. The Balaban J connectivity index is 1.90. The fourth-order valence-electron chi connectivity index (χ4n) is 3.72. The predicted molar refractivity (Wildman–Crippen MR) is 125 cm³/mol. The second-order valence-corrected chi connectivity index (χ2v) is 10.6. The van der Waals surface area contributed by atoms with Crippen LogP contribution in [0.3, 0.4) is 0 Å². The molecule has 2 aromatic carbocycles. The van der Waals surface area contributed by atoms with E-state index in [1.54, 1.807) is 32.0 Å². The van der Waals surface area contributed by atoms with E-state index in [1.807, 2.05) is 0 Å². The largest absolute Gasteiger partial charge is 0.435 e. The Morgan fingerprint density at radius 3 is 2.56 bits per heavy atom. The number of anilines is 2. The second-order valence-electron chi connectivity index (χ2n) is 8.44. The van der Waals surface area contributed by atoms with Crippen LogP contribution in [-0.2, 0) is 14.6 Å². The fraction of sp³-hybridized carbons (Fsp3) is 0.391. The molecule has 34 heavy (non-hydrogen) atoms. The Morgan fingerprint density at radius 1 is 1.21 bits per heavy atom. The summed E-state index contributed by atoms with van der Waals surface area (Å²) in [4.78, 5) is 12.9. The average molecular weight is 496 g/mol. The summed E-state index contributed by atoms with van der Waals surface area (Å²) in [5, 5.41) is 14.4. The molecule has 0 saturated carbocycles. The highest BCUT2D eigenvalue weighted by molar-refractivity contribution is 7.91. The zero-order valence-corrected chi connectivity index (χ0v) is 19.8. The highest BCUT2D eigenvalue weighted by Gasteiger charge is 2.39. The van der Waals surface area contributed by atoms with E-state index in [0.29, 0.717) is 23.4 Å². The monoisotopic (exact) mass is 495 g/mol. The number of sulfone groups is 1. The highest BCUT2D eigenvalue weighted by Crippen LogP contribution is 2.28. The van der Waals surface area contributed by atoms with Crippen LogP contribution >= 0.6 is 0 Å². The predicted octanol–water partition coefficient (Wildman–Crippen LogP) is 3.74. The van der Waals surface area contributed by atoms with E-state index in [2.05, 4.69) is 15.4 Å². The summed E-state index contributed by atoms with van der Waals surface area (Å²) in [5.74, 6) is -0.608. The third-order valence-electron chi connectivity index (χ3n) is 5.59. The molecule has 1 amide bonds. The number of hydrogen-bond donors (Lipinski definition) is 3. The van der Waals surface area contributed by atoms with Crippen LogP contribution in [0.4, 0.5) is 20.2 Å². The first kappa shape index (κ1) is 25.6. The number of halogens is 2. The van der Waals surface area contributed by atoms with Crippen molar-refractivity contribution in [2.45, 2.75) is 38.5 Å². The second kappa shape index (κ2) is 10.1. The molecule has 1 aliphatic heterocycles. The number of amides is 1. The Kier molecular flexibility index (Phi) is 7.57. The van der Waals surface area contributed by atoms with Crippen molar-refractivity contribution in [3.63, 3.8) is 0 Å². The van der Waals surface area contributed by atoms with Gasteiger partial charge in [-0.3, -0.25) is 4.79 Å². The van der Waals surface area contributed by atoms with Crippen molar-refractivity contribution >= 4 is 32.8 Å². The summed E-state index contributed by atoms with van der Waals surface area (Å²) in [5.41, 5.74) is 0.730. The van der Waals surface area contributed by atoms with Gasteiger partial charge in [0.25, 0.3) is 5.91 Å². The molecule has 3 N–H and O–H groups in total. The topological polar surface area (TPSA) is 118 Å². The number of carbonyl (C=O) groups excluding carboxylic acids is 1. The van der Waals surface area contributed by atoms with Gasteiger partial charge in [-0.1, -0.05) is 6.07 Å². The van der Waals surface area contributed by atoms with Crippen LogP contribution < -0.4 is 15.4 Å². The van der Waals surface area contributed by atoms with Gasteiger partial charge in [0.15, 0.2) is 9.84 Å². The normalized spacial score (nSPS) is 20.1. The number of methoxy groups -OCH3 is 1. The minimum atomic E-state index is -3.20. The quantitative estimate of drug-likeness (QED) is 0.456. The first-order valence-corrected chi connectivity index (χ1v) is 12.3. The molecule has 2 aromatic rings. The number of ether oxygens (including phenoxy) is 2. The zero-order valence-electron chi connectivity index (χ0n) is 19.0. The minimum Gasteiger partial charge on any atom is -0.435 e. The highest BCUT2D eigenvalue weighted by atomic mass is 32.2. The summed E-state index contributed by atoms with van der Waals surface area (Å²) in [6, 6.07) is 10.6. The lowest BCUT2D eigenvalue weighted by Crippen LogP contribution is -2.47. The number of benzene rings is 2. The maximum absolute atomic E-state index is 12.9. The molecule has 184 valence electrons. The summed E-state index contributed by atoms with van der Waals surface area (Å²) in [7, 11) is -1.75. The van der Waals surface area contributed by atoms with E-state index >= 15 is 0 Å². The Labute approximate surface area is 197 Å². The molecule has 2 atom stereocenters. The van der Waals surface area contributed by atoms with Gasteiger partial charge in [-0.15, -0.1) is 0 Å². The van der Waals surface area contributed by atoms with Crippen molar-refractivity contribution in [1.82, 2.24) is 5.32 Å². The molecule has 1 unspecified atom stereocenters. The SMILES string of the molecule is COC(C)C(=N)c1cc(C(=O)N[C@@]2(C)CCS(=O)(=O)C2)ccc1Nc1cccc(OC(F)F)c1. The summed E-state index contributed by atoms with van der Waals surface area (Å²) >= 11 is 0. The number of rotatable bonds is 9. The van der Waals surface area contributed by atoms with Crippen LogP contribution in [-0.4, -0.2) is 56.9 Å². The van der Waals surface area contributed by atoms with Gasteiger partial charge in [-0.25, -0.2) is 8.42 Å². The van der Waals surface area contributed by atoms with Gasteiger partial charge in [0.2, 0.25) is 0 Å². The zero-order chi connectivity index (χ0) is 25.1.